The summed E-state index contributed by atoms with van der Waals surface area (Å²) >= 11 is 0. The Kier molecular flexibility index (Phi) is 6.97. The maximum atomic E-state index is 5.24. The van der Waals surface area contributed by atoms with Crippen molar-refractivity contribution in [1.82, 2.24) is 4.98 Å². The molecule has 0 aliphatic carbocycles. The number of guanidine groups is 1. The number of nitrogens with zero attached hydrogens (tertiary/aromatic N) is 2. The Balaban J connectivity index is 2.29. The molecule has 18 heavy (non-hydrogen) atoms. The van der Waals surface area contributed by atoms with E-state index in [-0.39, 0.29) is 5.96 Å². The fraction of sp³-hybridized carbons (Fsp3) is 0.500. The van der Waals surface area contributed by atoms with Crippen LogP contribution in [0, 0.1) is 5.92 Å². The topological polar surface area (TPSA) is 77.3 Å². The molecule has 0 aliphatic rings. The quantitative estimate of drug-likeness (QED) is 0.348. The normalized spacial score (nSPS) is 10.6. The number of pyridine rings is 1. The van der Waals surface area contributed by atoms with Gasteiger partial charge in [-0.15, -0.1) is 0 Å². The van der Waals surface area contributed by atoms with Crippen molar-refractivity contribution in [2.75, 3.05) is 12.3 Å². The van der Waals surface area contributed by atoms with Gasteiger partial charge in [-0.05, 0) is 34.8 Å². The fourth-order valence-electron chi connectivity index (χ4n) is 1.37. The Morgan fingerprint density at radius 1 is 1.39 bits per heavy atom. The first kappa shape index (κ1) is 15.2. The van der Waals surface area contributed by atoms with Gasteiger partial charge in [0, 0.05) is 11.9 Å². The number of hydrogen-bond acceptors (Lipinski definition) is 4. The minimum Gasteiger partial charge on any atom is -0.370 e. The molecule has 0 saturated carbocycles. The van der Waals surface area contributed by atoms with Crippen LogP contribution in [0.3, 0.4) is 0 Å². The summed E-state index contributed by atoms with van der Waals surface area (Å²) in [7, 11) is 3.36. The molecule has 0 fully saturated rings. The van der Waals surface area contributed by atoms with E-state index in [1.165, 1.54) is 5.56 Å². The van der Waals surface area contributed by atoms with Crippen molar-refractivity contribution >= 4 is 27.5 Å². The van der Waals surface area contributed by atoms with Gasteiger partial charge >= 0.3 is 0 Å². The molecule has 0 amide bonds. The van der Waals surface area contributed by atoms with Crippen molar-refractivity contribution in [1.29, 1.82) is 0 Å². The number of hydrogen-bond donors (Lipinski definition) is 2. The predicted molar refractivity (Wildman–Crippen MR) is 81.8 cm³/mol. The zero-order valence-electron chi connectivity index (χ0n) is 10.8. The third kappa shape index (κ3) is 6.76. The molecule has 1 rings (SSSR count). The zero-order valence-corrected chi connectivity index (χ0v) is 12.4. The van der Waals surface area contributed by atoms with Gasteiger partial charge in [0.15, 0.2) is 5.96 Å². The van der Waals surface area contributed by atoms with Gasteiger partial charge in [0.2, 0.25) is 0 Å². The zero-order chi connectivity index (χ0) is 13.4. The van der Waals surface area contributed by atoms with Gasteiger partial charge in [-0.25, -0.2) is 4.98 Å². The second kappa shape index (κ2) is 8.26. The second-order valence-corrected chi connectivity index (χ2v) is 6.75. The summed E-state index contributed by atoms with van der Waals surface area (Å²) in [6, 6.07) is 4.21. The van der Waals surface area contributed by atoms with Crippen molar-refractivity contribution in [3.8, 4) is 0 Å². The minimum atomic E-state index is 0.150. The molecule has 0 aromatic carbocycles. The molecule has 0 aliphatic heterocycles. The molecule has 4 N–H and O–H groups in total. The molecule has 6 heteroatoms. The van der Waals surface area contributed by atoms with Crippen LogP contribution in [0.1, 0.15) is 19.4 Å². The molecule has 1 aromatic heterocycles. The van der Waals surface area contributed by atoms with Gasteiger partial charge in [0.05, 0.1) is 6.54 Å². The highest BCUT2D eigenvalue weighted by Crippen LogP contribution is 2.29. The highest BCUT2D eigenvalue weighted by atomic mass is 33.1. The van der Waals surface area contributed by atoms with Crippen LogP contribution in [0.2, 0.25) is 0 Å². The van der Waals surface area contributed by atoms with Gasteiger partial charge in [0.1, 0.15) is 5.03 Å². The average molecular weight is 284 g/mol. The third-order valence-electron chi connectivity index (χ3n) is 2.05. The van der Waals surface area contributed by atoms with Crippen LogP contribution >= 0.6 is 21.6 Å². The van der Waals surface area contributed by atoms with E-state index in [2.05, 4.69) is 36.0 Å². The maximum Gasteiger partial charge on any atom is 0.185 e. The van der Waals surface area contributed by atoms with Gasteiger partial charge in [-0.3, -0.25) is 4.99 Å². The number of aromatic nitrogens is 1. The molecule has 1 heterocycles. The average Bonchev–Trinajstić information content (AvgIpc) is 2.30. The summed E-state index contributed by atoms with van der Waals surface area (Å²) < 4.78 is 0. The number of rotatable bonds is 7. The van der Waals surface area contributed by atoms with Gasteiger partial charge < -0.3 is 11.5 Å². The molecule has 100 valence electrons. The minimum absolute atomic E-state index is 0.150. The van der Waals surface area contributed by atoms with Crippen molar-refractivity contribution in [2.45, 2.75) is 25.3 Å². The Morgan fingerprint density at radius 2 is 2.17 bits per heavy atom. The fourth-order valence-corrected chi connectivity index (χ4v) is 3.09. The van der Waals surface area contributed by atoms with E-state index in [4.69, 9.17) is 11.5 Å². The Labute approximate surface area is 116 Å². The molecular weight excluding hydrogens is 264 g/mol. The molecule has 0 bridgehead atoms. The smallest absolute Gasteiger partial charge is 0.185 e. The highest BCUT2D eigenvalue weighted by Gasteiger charge is 2.00. The van der Waals surface area contributed by atoms with Gasteiger partial charge in [-0.1, -0.05) is 30.7 Å². The van der Waals surface area contributed by atoms with Crippen LogP contribution in [-0.4, -0.2) is 23.2 Å². The summed E-state index contributed by atoms with van der Waals surface area (Å²) in [4.78, 5) is 8.34. The van der Waals surface area contributed by atoms with E-state index in [0.29, 0.717) is 12.5 Å². The summed E-state index contributed by atoms with van der Waals surface area (Å²) in [6.45, 7) is 5.07. The molecule has 1 aromatic rings. The largest absolute Gasteiger partial charge is 0.370 e. The Morgan fingerprint density at radius 3 is 2.72 bits per heavy atom. The molecule has 0 unspecified atom stereocenters. The van der Waals surface area contributed by atoms with Crippen LogP contribution in [0.5, 0.6) is 0 Å². The third-order valence-corrected chi connectivity index (χ3v) is 4.30. The van der Waals surface area contributed by atoms with E-state index in [0.717, 1.165) is 17.2 Å². The number of nitrogens with two attached hydrogens (primary N) is 2. The van der Waals surface area contributed by atoms with Crippen LogP contribution in [-0.2, 0) is 6.42 Å². The van der Waals surface area contributed by atoms with E-state index in [1.807, 2.05) is 6.20 Å². The van der Waals surface area contributed by atoms with Crippen molar-refractivity contribution in [3.63, 3.8) is 0 Å². The lowest BCUT2D eigenvalue weighted by Gasteiger charge is -2.05. The molecular formula is C12H20N4S2. The van der Waals surface area contributed by atoms with Crippen LogP contribution < -0.4 is 11.5 Å². The van der Waals surface area contributed by atoms with E-state index in [9.17, 15) is 0 Å². The van der Waals surface area contributed by atoms with Crippen LogP contribution in [0.25, 0.3) is 0 Å². The monoisotopic (exact) mass is 284 g/mol. The van der Waals surface area contributed by atoms with Crippen LogP contribution in [0.15, 0.2) is 28.3 Å². The molecule has 0 saturated heterocycles. The van der Waals surface area contributed by atoms with Crippen molar-refractivity contribution in [3.05, 3.63) is 23.9 Å². The summed E-state index contributed by atoms with van der Waals surface area (Å²) in [6.07, 6.45) is 3.04. The highest BCUT2D eigenvalue weighted by molar-refractivity contribution is 8.76. The Hall–Kier alpha value is -0.880. The van der Waals surface area contributed by atoms with Gasteiger partial charge in [-0.2, -0.15) is 0 Å². The second-order valence-electron chi connectivity index (χ2n) is 4.31. The Bertz CT molecular complexity index is 372. The lowest BCUT2D eigenvalue weighted by atomic mass is 10.1. The van der Waals surface area contributed by atoms with Gasteiger partial charge in [0.25, 0.3) is 0 Å². The van der Waals surface area contributed by atoms with Crippen molar-refractivity contribution in [2.24, 2.45) is 22.4 Å². The first-order valence-corrected chi connectivity index (χ1v) is 8.19. The summed E-state index contributed by atoms with van der Waals surface area (Å²) in [5.74, 6) is 1.69. The van der Waals surface area contributed by atoms with E-state index >= 15 is 0 Å². The molecule has 0 spiro atoms. The van der Waals surface area contributed by atoms with E-state index < -0.39 is 0 Å². The summed E-state index contributed by atoms with van der Waals surface area (Å²) in [5.41, 5.74) is 11.8. The molecule has 4 nitrogen and oxygen atoms in total. The van der Waals surface area contributed by atoms with Crippen molar-refractivity contribution < 1.29 is 0 Å². The predicted octanol–water partition coefficient (Wildman–Crippen LogP) is 2.29. The molecule has 0 atom stereocenters. The lowest BCUT2D eigenvalue weighted by molar-refractivity contribution is 0.645. The number of aliphatic imine (C=N–C) groups is 1. The first-order chi connectivity index (χ1) is 8.58. The molecule has 0 radical (unpaired) electrons. The first-order valence-electron chi connectivity index (χ1n) is 5.87. The summed E-state index contributed by atoms with van der Waals surface area (Å²) in [5, 5.41) is 1.03. The lowest BCUT2D eigenvalue weighted by Crippen LogP contribution is -2.23. The SMILES string of the molecule is CC(C)Cc1ccc(SSCCN=C(N)N)nc1. The maximum absolute atomic E-state index is 5.24. The van der Waals surface area contributed by atoms with E-state index in [1.54, 1.807) is 21.6 Å². The van der Waals surface area contributed by atoms with Crippen LogP contribution in [0.4, 0.5) is 0 Å². The standard InChI is InChI=1S/C12H20N4S2/c1-9(2)7-10-3-4-11(16-8-10)18-17-6-5-15-12(13)14/h3-4,8-9H,5-7H2,1-2H3,(H4,13,14,15).